The molecule has 2 saturated heterocycles. The van der Waals surface area contributed by atoms with Crippen molar-refractivity contribution in [3.8, 4) is 24.7 Å². The predicted octanol–water partition coefficient (Wildman–Crippen LogP) is 2.60. The summed E-state index contributed by atoms with van der Waals surface area (Å²) in [5.41, 5.74) is 2.79. The zero-order valence-corrected chi connectivity index (χ0v) is 18.0. The van der Waals surface area contributed by atoms with Crippen LogP contribution in [-0.2, 0) is 16.1 Å². The Morgan fingerprint density at radius 3 is 2.77 bits per heavy atom. The van der Waals surface area contributed by atoms with Crippen LogP contribution in [0.25, 0.3) is 11.2 Å². The molecular weight excluding hydrogens is 444 g/mol. The second kappa shape index (κ2) is 10.6. The highest BCUT2D eigenvalue weighted by Gasteiger charge is 2.48. The Morgan fingerprint density at radius 2 is 2.03 bits per heavy atom. The third kappa shape index (κ3) is 4.98. The molecule has 2 aliphatic heterocycles. The fraction of sp³-hybridized carbons (Fsp3) is 0.350. The number of hydrogen-bond donors (Lipinski definition) is 2. The largest absolute Gasteiger partial charge is 0.471 e. The maximum Gasteiger partial charge on any atom is 0.296 e. The number of ether oxygens (including phenoxy) is 4. The summed E-state index contributed by atoms with van der Waals surface area (Å²) in [5, 5.41) is 10.2. The summed E-state index contributed by atoms with van der Waals surface area (Å²) in [6, 6.07) is 1.97. The number of aliphatic hydroxyl groups excluding tert-OH is 1. The van der Waals surface area contributed by atoms with Gasteiger partial charge in [0.1, 0.15) is 29.9 Å². The van der Waals surface area contributed by atoms with Crippen LogP contribution in [0.2, 0.25) is 5.02 Å². The third-order valence-corrected chi connectivity index (χ3v) is 5.48. The summed E-state index contributed by atoms with van der Waals surface area (Å²) in [4.78, 5) is 16.7. The Labute approximate surface area is 188 Å². The lowest BCUT2D eigenvalue weighted by Crippen LogP contribution is -2.34. The maximum atomic E-state index is 9.81. The first kappa shape index (κ1) is 23.0. The van der Waals surface area contributed by atoms with E-state index in [1.165, 1.54) is 11.3 Å². The van der Waals surface area contributed by atoms with Gasteiger partial charge in [0.25, 0.3) is 6.01 Å². The fourth-order valence-electron chi connectivity index (χ4n) is 3.18. The molecule has 11 heteroatoms. The first-order valence-electron chi connectivity index (χ1n) is 9.15. The summed E-state index contributed by atoms with van der Waals surface area (Å²) in [5.74, 6) is 0.294. The predicted molar refractivity (Wildman–Crippen MR) is 116 cm³/mol. The van der Waals surface area contributed by atoms with Crippen LogP contribution in [0.15, 0.2) is 30.9 Å². The highest BCUT2D eigenvalue weighted by Crippen LogP contribution is 2.31. The SMILES string of the molecule is C#C.C=C.O[C@@H]1COC2C1OC[C@H]2Oc1nc2nc(OCc3cncs3)c(Cl)cc2[nH]1. The van der Waals surface area contributed by atoms with Gasteiger partial charge in [-0.3, -0.25) is 4.98 Å². The molecular formula is C20H21ClN4O5S. The molecule has 2 N–H and O–H groups in total. The number of aromatic amines is 1. The number of imidazole rings is 1. The standard InChI is InChI=1S/C16H15ClN4O5S.C2H4.C2H2/c17-8-1-9-14(20-15(8)25-3-7-2-18-6-27-7)21-16(19-9)26-11-5-24-12-10(22)4-23-13(11)12;2*1-2/h1-2,6,10-13,22H,3-5H2,(H,19,20,21);1-2H2;1-2H/t10-,11-,12?,13?;;/m1../s1. The number of thiazole rings is 1. The molecule has 2 unspecified atom stereocenters. The van der Waals surface area contributed by atoms with Gasteiger partial charge in [0.2, 0.25) is 5.88 Å². The minimum atomic E-state index is -0.627. The molecule has 0 spiro atoms. The van der Waals surface area contributed by atoms with Crippen molar-refractivity contribution in [2.45, 2.75) is 31.0 Å². The van der Waals surface area contributed by atoms with Crippen LogP contribution < -0.4 is 9.47 Å². The Balaban J connectivity index is 0.000000645. The lowest BCUT2D eigenvalue weighted by atomic mass is 10.1. The van der Waals surface area contributed by atoms with Gasteiger partial charge in [0.05, 0.1) is 29.1 Å². The molecule has 5 rings (SSSR count). The lowest BCUT2D eigenvalue weighted by molar-refractivity contribution is 0.00706. The fourth-order valence-corrected chi connectivity index (χ4v) is 3.89. The number of terminal acetylenes is 1. The number of hydrogen-bond acceptors (Lipinski definition) is 9. The molecule has 0 radical (unpaired) electrons. The number of H-pyrrole nitrogens is 1. The van der Waals surface area contributed by atoms with E-state index in [1.807, 2.05) is 0 Å². The van der Waals surface area contributed by atoms with E-state index in [1.54, 1.807) is 17.8 Å². The normalized spacial score (nSPS) is 23.9. The highest BCUT2D eigenvalue weighted by atomic mass is 35.5. The first-order chi connectivity index (χ1) is 15.2. The van der Waals surface area contributed by atoms with E-state index >= 15 is 0 Å². The topological polar surface area (TPSA) is 112 Å². The molecule has 3 aromatic heterocycles. The Morgan fingerprint density at radius 1 is 1.26 bits per heavy atom. The van der Waals surface area contributed by atoms with Crippen molar-refractivity contribution < 1.29 is 24.1 Å². The quantitative estimate of drug-likeness (QED) is 0.438. The highest BCUT2D eigenvalue weighted by molar-refractivity contribution is 7.09. The lowest BCUT2D eigenvalue weighted by Gasteiger charge is -2.15. The van der Waals surface area contributed by atoms with Gasteiger partial charge in [-0.1, -0.05) is 11.6 Å². The van der Waals surface area contributed by atoms with Crippen LogP contribution in [0.4, 0.5) is 0 Å². The summed E-state index contributed by atoms with van der Waals surface area (Å²) in [6.45, 7) is 6.90. The molecule has 0 aromatic carbocycles. The van der Waals surface area contributed by atoms with Crippen molar-refractivity contribution >= 4 is 34.1 Å². The van der Waals surface area contributed by atoms with Crippen molar-refractivity contribution in [3.63, 3.8) is 0 Å². The molecule has 4 atom stereocenters. The second-order valence-electron chi connectivity index (χ2n) is 6.26. The average molecular weight is 465 g/mol. The van der Waals surface area contributed by atoms with Crippen LogP contribution in [0.1, 0.15) is 4.88 Å². The Hall–Kier alpha value is -2.68. The molecule has 0 bridgehead atoms. The molecule has 5 heterocycles. The molecule has 0 aliphatic carbocycles. The summed E-state index contributed by atoms with van der Waals surface area (Å²) < 4.78 is 22.6. The molecule has 2 aliphatic rings. The number of nitrogens with one attached hydrogen (secondary N) is 1. The average Bonchev–Trinajstić information content (AvgIpc) is 3.57. The van der Waals surface area contributed by atoms with E-state index in [9.17, 15) is 5.11 Å². The monoisotopic (exact) mass is 464 g/mol. The van der Waals surface area contributed by atoms with Crippen molar-refractivity contribution in [1.82, 2.24) is 19.9 Å². The van der Waals surface area contributed by atoms with E-state index in [4.69, 9.17) is 30.5 Å². The molecule has 3 aromatic rings. The number of halogens is 1. The van der Waals surface area contributed by atoms with E-state index in [2.05, 4.69) is 45.9 Å². The number of rotatable bonds is 5. The number of fused-ring (bicyclic) bond motifs is 2. The van der Waals surface area contributed by atoms with Crippen LogP contribution in [0.3, 0.4) is 0 Å². The van der Waals surface area contributed by atoms with Crippen molar-refractivity contribution in [1.29, 1.82) is 0 Å². The number of pyridine rings is 1. The van der Waals surface area contributed by atoms with Gasteiger partial charge in [-0.15, -0.1) is 37.3 Å². The number of aliphatic hydroxyl groups is 1. The minimum Gasteiger partial charge on any atom is -0.471 e. The van der Waals surface area contributed by atoms with Crippen LogP contribution in [0.5, 0.6) is 11.9 Å². The van der Waals surface area contributed by atoms with Crippen LogP contribution >= 0.6 is 22.9 Å². The maximum absolute atomic E-state index is 9.81. The van der Waals surface area contributed by atoms with Crippen LogP contribution in [-0.4, -0.2) is 62.7 Å². The van der Waals surface area contributed by atoms with Crippen molar-refractivity contribution in [2.24, 2.45) is 0 Å². The first-order valence-corrected chi connectivity index (χ1v) is 10.4. The smallest absolute Gasteiger partial charge is 0.296 e. The van der Waals surface area contributed by atoms with Gasteiger partial charge in [-0.05, 0) is 6.07 Å². The van der Waals surface area contributed by atoms with Crippen LogP contribution in [0, 0.1) is 12.8 Å². The van der Waals surface area contributed by atoms with Gasteiger partial charge in [-0.25, -0.2) is 0 Å². The minimum absolute atomic E-state index is 0.243. The zero-order valence-electron chi connectivity index (χ0n) is 16.4. The van der Waals surface area contributed by atoms with E-state index in [0.717, 1.165) is 4.88 Å². The van der Waals surface area contributed by atoms with Gasteiger partial charge < -0.3 is 29.0 Å². The second-order valence-corrected chi connectivity index (χ2v) is 7.64. The van der Waals surface area contributed by atoms with Crippen molar-refractivity contribution in [3.05, 3.63) is 40.8 Å². The summed E-state index contributed by atoms with van der Waals surface area (Å²) in [7, 11) is 0. The van der Waals surface area contributed by atoms with Gasteiger partial charge in [-0.2, -0.15) is 9.97 Å². The zero-order chi connectivity index (χ0) is 22.4. The molecule has 0 amide bonds. The van der Waals surface area contributed by atoms with E-state index in [-0.39, 0.29) is 30.9 Å². The van der Waals surface area contributed by atoms with Gasteiger partial charge in [0.15, 0.2) is 11.8 Å². The summed E-state index contributed by atoms with van der Waals surface area (Å²) in [6.07, 6.45) is 8.07. The molecule has 2 fully saturated rings. The summed E-state index contributed by atoms with van der Waals surface area (Å²) >= 11 is 7.75. The third-order valence-electron chi connectivity index (χ3n) is 4.45. The Bertz CT molecular complexity index is 1010. The Kier molecular flexibility index (Phi) is 7.84. The molecule has 31 heavy (non-hydrogen) atoms. The number of aromatic nitrogens is 4. The van der Waals surface area contributed by atoms with Gasteiger partial charge in [0, 0.05) is 6.20 Å². The number of nitrogens with zero attached hydrogens (tertiary/aromatic N) is 3. The van der Waals surface area contributed by atoms with Crippen molar-refractivity contribution in [2.75, 3.05) is 13.2 Å². The molecule has 164 valence electrons. The molecule has 9 nitrogen and oxygen atoms in total. The van der Waals surface area contributed by atoms with E-state index in [0.29, 0.717) is 35.3 Å². The van der Waals surface area contributed by atoms with Gasteiger partial charge >= 0.3 is 0 Å². The van der Waals surface area contributed by atoms with E-state index < -0.39 is 6.10 Å². The molecule has 0 saturated carbocycles.